The third kappa shape index (κ3) is 5.24. The van der Waals surface area contributed by atoms with E-state index in [4.69, 9.17) is 0 Å². The molecule has 0 aromatic heterocycles. The van der Waals surface area contributed by atoms with Crippen LogP contribution in [0.1, 0.15) is 25.0 Å². The Kier molecular flexibility index (Phi) is 7.56. The number of anilines is 3. The van der Waals surface area contributed by atoms with E-state index in [0.717, 1.165) is 17.1 Å². The monoisotopic (exact) mass is 689 g/mol. The van der Waals surface area contributed by atoms with Crippen LogP contribution in [0.15, 0.2) is 200 Å². The maximum Gasteiger partial charge on any atom is 0.0546 e. The third-order valence-corrected chi connectivity index (χ3v) is 11.4. The SMILES string of the molecule is CC1(C)c2ccccc2-c2ccc(N(c3cccc(-c4ccccc4)c3)c3cccc(-c4ccc5ccccc5c4)c3-c3cccc4ccccc34)cc21. The second-order valence-corrected chi connectivity index (χ2v) is 14.9. The fraction of sp³-hybridized carbons (Fsp3) is 0.0566. The van der Waals surface area contributed by atoms with Gasteiger partial charge in [0.15, 0.2) is 0 Å². The van der Waals surface area contributed by atoms with Crippen molar-refractivity contribution in [1.29, 1.82) is 0 Å². The van der Waals surface area contributed by atoms with Crippen LogP contribution in [0.5, 0.6) is 0 Å². The van der Waals surface area contributed by atoms with Crippen molar-refractivity contribution in [2.45, 2.75) is 19.3 Å². The van der Waals surface area contributed by atoms with Crippen LogP contribution in [0.4, 0.5) is 17.1 Å². The van der Waals surface area contributed by atoms with Gasteiger partial charge in [0.2, 0.25) is 0 Å². The van der Waals surface area contributed by atoms with E-state index >= 15 is 0 Å². The van der Waals surface area contributed by atoms with Crippen molar-refractivity contribution >= 4 is 38.6 Å². The normalized spacial score (nSPS) is 12.8. The summed E-state index contributed by atoms with van der Waals surface area (Å²) in [5.41, 5.74) is 15.8. The van der Waals surface area contributed by atoms with Gasteiger partial charge in [-0.05, 0) is 108 Å². The molecule has 0 atom stereocenters. The number of hydrogen-bond donors (Lipinski definition) is 0. The molecule has 54 heavy (non-hydrogen) atoms. The Morgan fingerprint density at radius 3 is 1.87 bits per heavy atom. The van der Waals surface area contributed by atoms with Crippen LogP contribution in [0.2, 0.25) is 0 Å². The van der Waals surface area contributed by atoms with Gasteiger partial charge in [0.1, 0.15) is 0 Å². The first kappa shape index (κ1) is 32.0. The average molecular weight is 690 g/mol. The van der Waals surface area contributed by atoms with Crippen LogP contribution in [-0.2, 0) is 5.41 Å². The fourth-order valence-electron chi connectivity index (χ4n) is 8.76. The number of hydrogen-bond acceptors (Lipinski definition) is 1. The van der Waals surface area contributed by atoms with Crippen molar-refractivity contribution in [3.8, 4) is 44.5 Å². The second-order valence-electron chi connectivity index (χ2n) is 14.9. The van der Waals surface area contributed by atoms with Gasteiger partial charge in [-0.3, -0.25) is 0 Å². The first-order chi connectivity index (χ1) is 26.5. The minimum absolute atomic E-state index is 0.134. The molecule has 0 aliphatic heterocycles. The predicted molar refractivity (Wildman–Crippen MR) is 230 cm³/mol. The van der Waals surface area contributed by atoms with E-state index in [0.29, 0.717) is 0 Å². The minimum Gasteiger partial charge on any atom is -0.310 e. The number of benzene rings is 9. The Morgan fingerprint density at radius 2 is 0.981 bits per heavy atom. The summed E-state index contributed by atoms with van der Waals surface area (Å²) in [7, 11) is 0. The third-order valence-electron chi connectivity index (χ3n) is 11.4. The van der Waals surface area contributed by atoms with Crippen LogP contribution in [0.3, 0.4) is 0 Å². The first-order valence-electron chi connectivity index (χ1n) is 18.8. The standard InChI is InChI=1S/C53H39N/c1-53(2)49-27-11-10-24-46(49)47-32-31-43(35-50(47)53)54(42-22-12-21-40(34-42)36-15-4-3-5-16-36)51-28-14-25-45(41-30-29-37-17-6-7-19-39(37)33-41)52(51)48-26-13-20-38-18-8-9-23-44(38)48/h3-35H,1-2H3. The molecule has 10 rings (SSSR count). The van der Waals surface area contributed by atoms with Gasteiger partial charge in [0.05, 0.1) is 5.69 Å². The van der Waals surface area contributed by atoms with Crippen molar-refractivity contribution in [1.82, 2.24) is 0 Å². The van der Waals surface area contributed by atoms with E-state index in [9.17, 15) is 0 Å². The summed E-state index contributed by atoms with van der Waals surface area (Å²) in [6.07, 6.45) is 0. The maximum absolute atomic E-state index is 2.49. The van der Waals surface area contributed by atoms with Crippen molar-refractivity contribution in [2.24, 2.45) is 0 Å². The van der Waals surface area contributed by atoms with Gasteiger partial charge < -0.3 is 4.90 Å². The highest BCUT2D eigenvalue weighted by atomic mass is 15.1. The lowest BCUT2D eigenvalue weighted by Gasteiger charge is -2.31. The molecule has 9 aromatic rings. The highest BCUT2D eigenvalue weighted by Crippen LogP contribution is 2.52. The lowest BCUT2D eigenvalue weighted by Crippen LogP contribution is -2.17. The Morgan fingerprint density at radius 1 is 0.352 bits per heavy atom. The van der Waals surface area contributed by atoms with E-state index in [1.807, 2.05) is 0 Å². The molecule has 0 N–H and O–H groups in total. The van der Waals surface area contributed by atoms with Crippen LogP contribution < -0.4 is 4.90 Å². The van der Waals surface area contributed by atoms with Crippen LogP contribution in [0, 0.1) is 0 Å². The predicted octanol–water partition coefficient (Wildman–Crippen LogP) is 14.8. The minimum atomic E-state index is -0.134. The van der Waals surface area contributed by atoms with Gasteiger partial charge in [-0.15, -0.1) is 0 Å². The molecule has 0 saturated heterocycles. The van der Waals surface area contributed by atoms with Crippen LogP contribution in [0.25, 0.3) is 66.1 Å². The van der Waals surface area contributed by atoms with Gasteiger partial charge in [-0.25, -0.2) is 0 Å². The van der Waals surface area contributed by atoms with Crippen molar-refractivity contribution in [2.75, 3.05) is 4.90 Å². The molecule has 0 radical (unpaired) electrons. The largest absolute Gasteiger partial charge is 0.310 e. The smallest absolute Gasteiger partial charge is 0.0546 e. The van der Waals surface area contributed by atoms with Crippen molar-refractivity contribution < 1.29 is 0 Å². The molecule has 0 heterocycles. The van der Waals surface area contributed by atoms with Crippen molar-refractivity contribution in [3.63, 3.8) is 0 Å². The molecule has 1 heteroatoms. The highest BCUT2D eigenvalue weighted by molar-refractivity contribution is 6.07. The highest BCUT2D eigenvalue weighted by Gasteiger charge is 2.36. The molecule has 0 spiro atoms. The molecule has 1 nitrogen and oxygen atoms in total. The molecule has 0 unspecified atom stereocenters. The Hall–Kier alpha value is -6.70. The molecular weight excluding hydrogens is 651 g/mol. The Balaban J connectivity index is 1.28. The molecule has 0 bridgehead atoms. The number of rotatable bonds is 6. The average Bonchev–Trinajstić information content (AvgIpc) is 3.46. The van der Waals surface area contributed by atoms with E-state index in [1.54, 1.807) is 0 Å². The molecule has 0 fully saturated rings. The van der Waals surface area contributed by atoms with E-state index in [2.05, 4.69) is 219 Å². The van der Waals surface area contributed by atoms with Crippen LogP contribution >= 0.6 is 0 Å². The van der Waals surface area contributed by atoms with E-state index < -0.39 is 0 Å². The molecule has 0 saturated carbocycles. The summed E-state index contributed by atoms with van der Waals surface area (Å²) < 4.78 is 0. The van der Waals surface area contributed by atoms with E-state index in [1.165, 1.54) is 77.2 Å². The summed E-state index contributed by atoms with van der Waals surface area (Å²) in [4.78, 5) is 2.49. The van der Waals surface area contributed by atoms with Gasteiger partial charge in [0.25, 0.3) is 0 Å². The Bertz CT molecular complexity index is 2860. The fourth-order valence-corrected chi connectivity index (χ4v) is 8.76. The molecule has 256 valence electrons. The Labute approximate surface area is 317 Å². The van der Waals surface area contributed by atoms with Gasteiger partial charge in [0, 0.05) is 22.4 Å². The number of fused-ring (bicyclic) bond motifs is 5. The molecule has 1 aliphatic rings. The summed E-state index contributed by atoms with van der Waals surface area (Å²) >= 11 is 0. The summed E-state index contributed by atoms with van der Waals surface area (Å²) in [5.74, 6) is 0. The molecule has 0 amide bonds. The summed E-state index contributed by atoms with van der Waals surface area (Å²) in [5, 5.41) is 4.93. The molecule has 9 aromatic carbocycles. The van der Waals surface area contributed by atoms with E-state index in [-0.39, 0.29) is 5.41 Å². The quantitative estimate of drug-likeness (QED) is 0.168. The lowest BCUT2D eigenvalue weighted by atomic mass is 9.82. The summed E-state index contributed by atoms with van der Waals surface area (Å²) in [6.45, 7) is 4.73. The zero-order chi connectivity index (χ0) is 36.2. The van der Waals surface area contributed by atoms with Crippen LogP contribution in [-0.4, -0.2) is 0 Å². The lowest BCUT2D eigenvalue weighted by molar-refractivity contribution is 0.660. The first-order valence-corrected chi connectivity index (χ1v) is 18.8. The summed E-state index contributed by atoms with van der Waals surface area (Å²) in [6, 6.07) is 73.6. The molecular formula is C53H39N. The van der Waals surface area contributed by atoms with Gasteiger partial charge >= 0.3 is 0 Å². The van der Waals surface area contributed by atoms with Gasteiger partial charge in [-0.1, -0.05) is 178 Å². The number of nitrogens with zero attached hydrogens (tertiary/aromatic N) is 1. The molecule has 1 aliphatic carbocycles. The van der Waals surface area contributed by atoms with Gasteiger partial charge in [-0.2, -0.15) is 0 Å². The zero-order valence-corrected chi connectivity index (χ0v) is 30.5. The van der Waals surface area contributed by atoms with Crippen molar-refractivity contribution in [3.05, 3.63) is 211 Å². The topological polar surface area (TPSA) is 3.24 Å². The zero-order valence-electron chi connectivity index (χ0n) is 30.5. The second kappa shape index (κ2) is 12.8. The maximum atomic E-state index is 2.49.